The van der Waals surface area contributed by atoms with E-state index in [4.69, 9.17) is 9.47 Å². The summed E-state index contributed by atoms with van der Waals surface area (Å²) in [4.78, 5) is 22.7. The Morgan fingerprint density at radius 2 is 1.90 bits per heavy atom. The third-order valence-corrected chi connectivity index (χ3v) is 2.47. The van der Waals surface area contributed by atoms with Gasteiger partial charge in [-0.3, -0.25) is 9.59 Å². The van der Waals surface area contributed by atoms with E-state index in [0.717, 1.165) is 5.56 Å². The molecule has 1 aromatic rings. The van der Waals surface area contributed by atoms with Crippen LogP contribution in [0, 0.1) is 6.92 Å². The van der Waals surface area contributed by atoms with E-state index in [1.54, 1.807) is 26.0 Å². The molecular weight excluding hydrogens is 272 g/mol. The van der Waals surface area contributed by atoms with Crippen molar-refractivity contribution in [3.8, 4) is 5.75 Å². The van der Waals surface area contributed by atoms with Gasteiger partial charge < -0.3 is 9.47 Å². The smallest absolute Gasteiger partial charge is 0.311 e. The molecule has 0 aliphatic rings. The number of hydrogen-bond donors (Lipinski definition) is 1. The molecule has 6 heteroatoms. The summed E-state index contributed by atoms with van der Waals surface area (Å²) in [6.07, 6.45) is 0.0486. The van der Waals surface area contributed by atoms with Gasteiger partial charge in [0.2, 0.25) is 0 Å². The minimum Gasteiger partial charge on any atom is -0.484 e. The number of amides is 1. The summed E-state index contributed by atoms with van der Waals surface area (Å²) in [6, 6.07) is 7.37. The first kappa shape index (κ1) is 16.7. The molecule has 0 saturated carbocycles. The van der Waals surface area contributed by atoms with Gasteiger partial charge in [0, 0.05) is 5.71 Å². The van der Waals surface area contributed by atoms with E-state index in [0.29, 0.717) is 18.1 Å². The van der Waals surface area contributed by atoms with Gasteiger partial charge in [-0.2, -0.15) is 5.10 Å². The molecule has 6 nitrogen and oxygen atoms in total. The Labute approximate surface area is 124 Å². The van der Waals surface area contributed by atoms with Gasteiger partial charge in [-0.05, 0) is 32.9 Å². The molecule has 0 unspecified atom stereocenters. The lowest BCUT2D eigenvalue weighted by atomic mass is 10.2. The molecule has 0 bridgehead atoms. The summed E-state index contributed by atoms with van der Waals surface area (Å²) in [5.74, 6) is -0.148. The normalized spacial score (nSPS) is 10.9. The monoisotopic (exact) mass is 292 g/mol. The van der Waals surface area contributed by atoms with Crippen LogP contribution in [-0.2, 0) is 14.3 Å². The third-order valence-electron chi connectivity index (χ3n) is 2.47. The average molecular weight is 292 g/mol. The number of carbonyl (C=O) groups excluding carboxylic acids is 2. The van der Waals surface area contributed by atoms with Crippen molar-refractivity contribution < 1.29 is 19.1 Å². The molecule has 0 heterocycles. The molecule has 0 aliphatic carbocycles. The molecule has 0 aliphatic heterocycles. The lowest BCUT2D eigenvalue weighted by Gasteiger charge is -2.06. The number of esters is 1. The van der Waals surface area contributed by atoms with Crippen LogP contribution in [0.25, 0.3) is 0 Å². The fourth-order valence-electron chi connectivity index (χ4n) is 1.43. The van der Waals surface area contributed by atoms with Crippen molar-refractivity contribution in [1.82, 2.24) is 5.43 Å². The third kappa shape index (κ3) is 7.10. The first-order chi connectivity index (χ1) is 10.0. The van der Waals surface area contributed by atoms with E-state index in [-0.39, 0.29) is 19.0 Å². The number of rotatable bonds is 7. The Kier molecular flexibility index (Phi) is 6.94. The number of nitrogens with one attached hydrogen (secondary N) is 1. The lowest BCUT2D eigenvalue weighted by molar-refractivity contribution is -0.141. The lowest BCUT2D eigenvalue weighted by Crippen LogP contribution is -2.26. The molecule has 0 aromatic heterocycles. The van der Waals surface area contributed by atoms with Crippen molar-refractivity contribution in [2.24, 2.45) is 5.10 Å². The second-order valence-corrected chi connectivity index (χ2v) is 4.47. The van der Waals surface area contributed by atoms with Crippen molar-refractivity contribution in [3.05, 3.63) is 29.8 Å². The molecule has 0 spiro atoms. The number of aryl methyl sites for hydroxylation is 1. The Bertz CT molecular complexity index is 509. The zero-order valence-electron chi connectivity index (χ0n) is 12.5. The molecular formula is C15H20N2O4. The van der Waals surface area contributed by atoms with Crippen LogP contribution in [0.4, 0.5) is 0 Å². The maximum atomic E-state index is 11.5. The van der Waals surface area contributed by atoms with Crippen molar-refractivity contribution in [3.63, 3.8) is 0 Å². The summed E-state index contributed by atoms with van der Waals surface area (Å²) < 4.78 is 10.1. The molecule has 1 amide bonds. The van der Waals surface area contributed by atoms with Crippen LogP contribution in [0.2, 0.25) is 0 Å². The van der Waals surface area contributed by atoms with Gasteiger partial charge in [0.25, 0.3) is 5.91 Å². The molecule has 1 rings (SSSR count). The van der Waals surface area contributed by atoms with Crippen LogP contribution in [0.15, 0.2) is 29.4 Å². The molecule has 21 heavy (non-hydrogen) atoms. The maximum Gasteiger partial charge on any atom is 0.311 e. The van der Waals surface area contributed by atoms with Crippen molar-refractivity contribution in [2.45, 2.75) is 27.2 Å². The summed E-state index contributed by atoms with van der Waals surface area (Å²) in [6.45, 7) is 5.52. The Morgan fingerprint density at radius 3 is 2.52 bits per heavy atom. The fraction of sp³-hybridized carbons (Fsp3) is 0.400. The standard InChI is InChI=1S/C15H20N2O4/c1-4-20-15(19)9-12(3)16-17-14(18)10-21-13-7-5-11(2)6-8-13/h5-8H,4,9-10H2,1-3H3,(H,17,18). The summed E-state index contributed by atoms with van der Waals surface area (Å²) >= 11 is 0. The van der Waals surface area contributed by atoms with Crippen LogP contribution in [0.5, 0.6) is 5.75 Å². The highest BCUT2D eigenvalue weighted by molar-refractivity contribution is 5.98. The average Bonchev–Trinajstić information content (AvgIpc) is 2.44. The fourth-order valence-corrected chi connectivity index (χ4v) is 1.43. The predicted octanol–water partition coefficient (Wildman–Crippen LogP) is 1.82. The minimum absolute atomic E-state index is 0.0486. The molecule has 0 fully saturated rings. The van der Waals surface area contributed by atoms with Crippen molar-refractivity contribution >= 4 is 17.6 Å². The number of hydrazone groups is 1. The summed E-state index contributed by atoms with van der Waals surface area (Å²) in [5.41, 5.74) is 3.91. The number of carbonyl (C=O) groups is 2. The van der Waals surface area contributed by atoms with Gasteiger partial charge in [-0.25, -0.2) is 5.43 Å². The first-order valence-corrected chi connectivity index (χ1v) is 6.68. The van der Waals surface area contributed by atoms with Gasteiger partial charge in [0.15, 0.2) is 6.61 Å². The van der Waals surface area contributed by atoms with Crippen LogP contribution in [0.1, 0.15) is 25.8 Å². The van der Waals surface area contributed by atoms with Gasteiger partial charge in [0.1, 0.15) is 5.75 Å². The van der Waals surface area contributed by atoms with E-state index in [2.05, 4.69) is 10.5 Å². The van der Waals surface area contributed by atoms with Crippen molar-refractivity contribution in [2.75, 3.05) is 13.2 Å². The molecule has 0 radical (unpaired) electrons. The highest BCUT2D eigenvalue weighted by Crippen LogP contribution is 2.10. The topological polar surface area (TPSA) is 77.0 Å². The Balaban J connectivity index is 2.33. The molecule has 0 atom stereocenters. The Morgan fingerprint density at radius 1 is 1.24 bits per heavy atom. The summed E-state index contributed by atoms with van der Waals surface area (Å²) in [7, 11) is 0. The second kappa shape index (κ2) is 8.73. The van der Waals surface area contributed by atoms with E-state index in [1.165, 1.54) is 0 Å². The zero-order chi connectivity index (χ0) is 15.7. The van der Waals surface area contributed by atoms with Gasteiger partial charge >= 0.3 is 5.97 Å². The summed E-state index contributed by atoms with van der Waals surface area (Å²) in [5, 5.41) is 3.81. The van der Waals surface area contributed by atoms with Gasteiger partial charge in [0.05, 0.1) is 13.0 Å². The molecule has 0 saturated heterocycles. The van der Waals surface area contributed by atoms with Crippen molar-refractivity contribution in [1.29, 1.82) is 0 Å². The van der Waals surface area contributed by atoms with E-state index >= 15 is 0 Å². The van der Waals surface area contributed by atoms with Crippen LogP contribution >= 0.6 is 0 Å². The quantitative estimate of drug-likeness (QED) is 0.472. The van der Waals surface area contributed by atoms with Gasteiger partial charge in [-0.1, -0.05) is 17.7 Å². The van der Waals surface area contributed by atoms with E-state index in [1.807, 2.05) is 19.1 Å². The first-order valence-electron chi connectivity index (χ1n) is 6.68. The zero-order valence-corrected chi connectivity index (χ0v) is 12.5. The van der Waals surface area contributed by atoms with E-state index in [9.17, 15) is 9.59 Å². The molecule has 1 N–H and O–H groups in total. The number of hydrogen-bond acceptors (Lipinski definition) is 5. The number of ether oxygens (including phenoxy) is 2. The van der Waals surface area contributed by atoms with Gasteiger partial charge in [-0.15, -0.1) is 0 Å². The highest BCUT2D eigenvalue weighted by Gasteiger charge is 2.05. The van der Waals surface area contributed by atoms with E-state index < -0.39 is 5.91 Å². The SMILES string of the molecule is CCOC(=O)CC(C)=NNC(=O)COc1ccc(C)cc1. The van der Waals surface area contributed by atoms with Crippen LogP contribution < -0.4 is 10.2 Å². The van der Waals surface area contributed by atoms with Crippen LogP contribution in [-0.4, -0.2) is 30.8 Å². The predicted molar refractivity (Wildman–Crippen MR) is 79.2 cm³/mol. The Hall–Kier alpha value is -2.37. The number of benzene rings is 1. The maximum absolute atomic E-state index is 11.5. The van der Waals surface area contributed by atoms with Crippen LogP contribution in [0.3, 0.4) is 0 Å². The second-order valence-electron chi connectivity index (χ2n) is 4.47. The highest BCUT2D eigenvalue weighted by atomic mass is 16.5. The number of nitrogens with zero attached hydrogens (tertiary/aromatic N) is 1. The molecule has 114 valence electrons. The molecule has 1 aromatic carbocycles. The largest absolute Gasteiger partial charge is 0.484 e. The minimum atomic E-state index is -0.390.